The highest BCUT2D eigenvalue weighted by Gasteiger charge is 2.08. The summed E-state index contributed by atoms with van der Waals surface area (Å²) in [6, 6.07) is 7.62. The number of fused-ring (bicyclic) bond motifs is 1. The van der Waals surface area contributed by atoms with Crippen molar-refractivity contribution in [2.24, 2.45) is 0 Å². The third-order valence-corrected chi connectivity index (χ3v) is 2.83. The fourth-order valence-electron chi connectivity index (χ4n) is 2.29. The molecule has 0 radical (unpaired) electrons. The lowest BCUT2D eigenvalue weighted by Crippen LogP contribution is -1.97. The number of aromatic carboxylic acids is 1. The van der Waals surface area contributed by atoms with Crippen molar-refractivity contribution in [2.75, 3.05) is 0 Å². The summed E-state index contributed by atoms with van der Waals surface area (Å²) in [6.07, 6.45) is 0. The van der Waals surface area contributed by atoms with Crippen molar-refractivity contribution < 1.29 is 9.90 Å². The van der Waals surface area contributed by atoms with Gasteiger partial charge in [-0.3, -0.25) is 0 Å². The van der Waals surface area contributed by atoms with Crippen LogP contribution in [-0.4, -0.2) is 11.1 Å². The summed E-state index contributed by atoms with van der Waals surface area (Å²) in [5, 5.41) is 11.2. The smallest absolute Gasteiger partial charge is 0.335 e. The van der Waals surface area contributed by atoms with E-state index in [9.17, 15) is 4.79 Å². The molecule has 0 fully saturated rings. The summed E-state index contributed by atoms with van der Waals surface area (Å²) < 4.78 is 0. The van der Waals surface area contributed by atoms with E-state index < -0.39 is 5.97 Å². The van der Waals surface area contributed by atoms with E-state index in [1.165, 1.54) is 5.56 Å². The molecule has 2 heteroatoms. The summed E-state index contributed by atoms with van der Waals surface area (Å²) in [5.41, 5.74) is 3.73. The maximum Gasteiger partial charge on any atom is 0.335 e. The molecule has 2 nitrogen and oxygen atoms in total. The number of benzene rings is 2. The summed E-state index contributed by atoms with van der Waals surface area (Å²) in [6.45, 7) is 6.04. The van der Waals surface area contributed by atoms with Crippen molar-refractivity contribution in [2.45, 2.75) is 20.8 Å². The fraction of sp³-hybridized carbons (Fsp3) is 0.214. The summed E-state index contributed by atoms with van der Waals surface area (Å²) in [5.74, 6) is -0.871. The molecule has 0 aromatic heterocycles. The Morgan fingerprint density at radius 1 is 1.00 bits per heavy atom. The molecule has 0 amide bonds. The Labute approximate surface area is 94.5 Å². The molecule has 0 unspecified atom stereocenters. The van der Waals surface area contributed by atoms with Crippen LogP contribution in [0.1, 0.15) is 27.0 Å². The zero-order chi connectivity index (χ0) is 11.9. The summed E-state index contributed by atoms with van der Waals surface area (Å²) >= 11 is 0. The van der Waals surface area contributed by atoms with Gasteiger partial charge in [0.2, 0.25) is 0 Å². The van der Waals surface area contributed by atoms with Crippen molar-refractivity contribution in [1.29, 1.82) is 0 Å². The maximum atomic E-state index is 11.0. The van der Waals surface area contributed by atoms with Gasteiger partial charge < -0.3 is 5.11 Å². The van der Waals surface area contributed by atoms with E-state index in [0.717, 1.165) is 21.9 Å². The molecule has 2 aromatic carbocycles. The second kappa shape index (κ2) is 3.63. The Hall–Kier alpha value is -1.83. The van der Waals surface area contributed by atoms with Crippen LogP contribution in [0.25, 0.3) is 10.8 Å². The van der Waals surface area contributed by atoms with Crippen LogP contribution in [0.15, 0.2) is 24.3 Å². The predicted octanol–water partition coefficient (Wildman–Crippen LogP) is 3.46. The van der Waals surface area contributed by atoms with Gasteiger partial charge in [-0.1, -0.05) is 17.7 Å². The second-order valence-corrected chi connectivity index (χ2v) is 4.28. The number of aryl methyl sites for hydroxylation is 3. The van der Waals surface area contributed by atoms with E-state index >= 15 is 0 Å². The standard InChI is InChI=1S/C14H14O2/c1-8-4-9(2)13-10(3)6-12(14(15)16)7-11(13)5-8/h4-7H,1-3H3,(H,15,16). The number of rotatable bonds is 1. The molecule has 0 saturated carbocycles. The highest BCUT2D eigenvalue weighted by Crippen LogP contribution is 2.25. The zero-order valence-electron chi connectivity index (χ0n) is 9.66. The Balaban J connectivity index is 2.87. The SMILES string of the molecule is Cc1cc(C)c2c(C)cc(C(=O)O)cc2c1. The molecule has 2 rings (SSSR count). The largest absolute Gasteiger partial charge is 0.478 e. The number of hydrogen-bond acceptors (Lipinski definition) is 1. The minimum absolute atomic E-state index is 0.356. The van der Waals surface area contributed by atoms with Crippen molar-refractivity contribution in [3.05, 3.63) is 46.5 Å². The highest BCUT2D eigenvalue weighted by atomic mass is 16.4. The molecule has 0 bridgehead atoms. The average molecular weight is 214 g/mol. The van der Waals surface area contributed by atoms with E-state index in [-0.39, 0.29) is 0 Å². The monoisotopic (exact) mass is 214 g/mol. The first-order valence-electron chi connectivity index (χ1n) is 5.24. The maximum absolute atomic E-state index is 11.0. The quantitative estimate of drug-likeness (QED) is 0.789. The Morgan fingerprint density at radius 2 is 1.62 bits per heavy atom. The molecule has 16 heavy (non-hydrogen) atoms. The van der Waals surface area contributed by atoms with Gasteiger partial charge in [0.1, 0.15) is 0 Å². The molecule has 0 aliphatic rings. The van der Waals surface area contributed by atoms with Crippen LogP contribution in [0, 0.1) is 20.8 Å². The molecule has 0 spiro atoms. The van der Waals surface area contributed by atoms with E-state index in [0.29, 0.717) is 5.56 Å². The van der Waals surface area contributed by atoms with Gasteiger partial charge >= 0.3 is 5.97 Å². The van der Waals surface area contributed by atoms with Gasteiger partial charge in [0.15, 0.2) is 0 Å². The minimum atomic E-state index is -0.871. The van der Waals surface area contributed by atoms with Gasteiger partial charge in [-0.25, -0.2) is 4.79 Å². The van der Waals surface area contributed by atoms with Crippen LogP contribution in [0.3, 0.4) is 0 Å². The predicted molar refractivity (Wildman–Crippen MR) is 65.1 cm³/mol. The molecular weight excluding hydrogens is 200 g/mol. The van der Waals surface area contributed by atoms with Crippen LogP contribution < -0.4 is 0 Å². The van der Waals surface area contributed by atoms with Gasteiger partial charge in [-0.05, 0) is 54.8 Å². The fourth-order valence-corrected chi connectivity index (χ4v) is 2.29. The molecule has 0 heterocycles. The number of carboxylic acid groups (broad SMARTS) is 1. The van der Waals surface area contributed by atoms with E-state index in [1.807, 2.05) is 19.9 Å². The third-order valence-electron chi connectivity index (χ3n) is 2.83. The molecule has 0 atom stereocenters. The van der Waals surface area contributed by atoms with Crippen LogP contribution in [0.2, 0.25) is 0 Å². The zero-order valence-corrected chi connectivity index (χ0v) is 9.66. The van der Waals surface area contributed by atoms with Gasteiger partial charge in [0, 0.05) is 0 Å². The number of carboxylic acids is 1. The lowest BCUT2D eigenvalue weighted by molar-refractivity contribution is 0.0697. The van der Waals surface area contributed by atoms with Crippen LogP contribution in [0.4, 0.5) is 0 Å². The van der Waals surface area contributed by atoms with Crippen LogP contribution in [-0.2, 0) is 0 Å². The first-order valence-corrected chi connectivity index (χ1v) is 5.24. The minimum Gasteiger partial charge on any atom is -0.478 e. The van der Waals surface area contributed by atoms with E-state index in [1.54, 1.807) is 12.1 Å². The highest BCUT2D eigenvalue weighted by molar-refractivity contribution is 5.97. The molecule has 0 saturated heterocycles. The normalized spacial score (nSPS) is 10.7. The second-order valence-electron chi connectivity index (χ2n) is 4.28. The number of carbonyl (C=O) groups is 1. The van der Waals surface area contributed by atoms with E-state index in [4.69, 9.17) is 5.11 Å². The molecule has 1 N–H and O–H groups in total. The van der Waals surface area contributed by atoms with Crippen molar-refractivity contribution >= 4 is 16.7 Å². The van der Waals surface area contributed by atoms with Crippen LogP contribution in [0.5, 0.6) is 0 Å². The third kappa shape index (κ3) is 1.67. The van der Waals surface area contributed by atoms with Gasteiger partial charge in [0.25, 0.3) is 0 Å². The molecule has 0 aliphatic heterocycles. The topological polar surface area (TPSA) is 37.3 Å². The first-order chi connectivity index (χ1) is 7.49. The molecular formula is C14H14O2. The Bertz CT molecular complexity index is 583. The summed E-state index contributed by atoms with van der Waals surface area (Å²) in [7, 11) is 0. The van der Waals surface area contributed by atoms with Crippen molar-refractivity contribution in [3.63, 3.8) is 0 Å². The molecule has 0 aliphatic carbocycles. The summed E-state index contributed by atoms with van der Waals surface area (Å²) in [4.78, 5) is 11.0. The lowest BCUT2D eigenvalue weighted by atomic mass is 9.96. The molecule has 82 valence electrons. The molecule has 2 aromatic rings. The lowest BCUT2D eigenvalue weighted by Gasteiger charge is -2.09. The van der Waals surface area contributed by atoms with Gasteiger partial charge in [-0.15, -0.1) is 0 Å². The van der Waals surface area contributed by atoms with E-state index in [2.05, 4.69) is 13.0 Å². The average Bonchev–Trinajstić information content (AvgIpc) is 2.15. The van der Waals surface area contributed by atoms with Crippen LogP contribution >= 0.6 is 0 Å². The Morgan fingerprint density at radius 3 is 2.25 bits per heavy atom. The Kier molecular flexibility index (Phi) is 2.43. The van der Waals surface area contributed by atoms with Crippen molar-refractivity contribution in [1.82, 2.24) is 0 Å². The first kappa shape index (κ1) is 10.7. The van der Waals surface area contributed by atoms with Gasteiger partial charge in [-0.2, -0.15) is 0 Å². The van der Waals surface area contributed by atoms with Crippen molar-refractivity contribution in [3.8, 4) is 0 Å². The van der Waals surface area contributed by atoms with Gasteiger partial charge in [0.05, 0.1) is 5.56 Å². The number of hydrogen-bond donors (Lipinski definition) is 1.